The second-order valence-electron chi connectivity index (χ2n) is 24.8. The van der Waals surface area contributed by atoms with Gasteiger partial charge in [-0.1, -0.05) is 250 Å². The molecule has 76 heavy (non-hydrogen) atoms. The van der Waals surface area contributed by atoms with Crippen molar-refractivity contribution in [2.24, 2.45) is 0 Å². The van der Waals surface area contributed by atoms with Crippen LogP contribution in [0.15, 0.2) is 224 Å². The zero-order valence-corrected chi connectivity index (χ0v) is 45.2. The number of hydrogen-bond acceptors (Lipinski definition) is 1. The smallest absolute Gasteiger partial charge is 0.0714 e. The van der Waals surface area contributed by atoms with Crippen LogP contribution < -0.4 is 4.90 Å². The number of rotatable bonds is 6. The first kappa shape index (κ1) is 46.5. The van der Waals surface area contributed by atoms with Gasteiger partial charge in [0.1, 0.15) is 0 Å². The Morgan fingerprint density at radius 2 is 0.882 bits per heavy atom. The van der Waals surface area contributed by atoms with E-state index in [9.17, 15) is 0 Å². The monoisotopic (exact) mass is 980 g/mol. The molecular weight excluding hydrogens is 915 g/mol. The van der Waals surface area contributed by atoms with Crippen LogP contribution in [0.3, 0.4) is 0 Å². The van der Waals surface area contributed by atoms with Crippen molar-refractivity contribution in [3.8, 4) is 44.5 Å². The van der Waals surface area contributed by atoms with Crippen molar-refractivity contribution in [3.63, 3.8) is 0 Å². The summed E-state index contributed by atoms with van der Waals surface area (Å²) in [6.07, 6.45) is 2.11. The average Bonchev–Trinajstić information content (AvgIpc) is 4.35. The first-order valence-corrected chi connectivity index (χ1v) is 27.6. The Morgan fingerprint density at radius 3 is 1.54 bits per heavy atom. The highest BCUT2D eigenvalue weighted by molar-refractivity contribution is 5.99. The predicted molar refractivity (Wildman–Crippen MR) is 319 cm³/mol. The third kappa shape index (κ3) is 6.51. The van der Waals surface area contributed by atoms with E-state index in [0.29, 0.717) is 0 Å². The zero-order chi connectivity index (χ0) is 51.9. The van der Waals surface area contributed by atoms with Crippen LogP contribution in [0.25, 0.3) is 44.5 Å². The van der Waals surface area contributed by atoms with Crippen LogP contribution in [0.4, 0.5) is 17.1 Å². The zero-order valence-electron chi connectivity index (χ0n) is 45.2. The fourth-order valence-electron chi connectivity index (χ4n) is 14.7. The van der Waals surface area contributed by atoms with Gasteiger partial charge in [0.25, 0.3) is 0 Å². The first-order chi connectivity index (χ1) is 36.7. The van der Waals surface area contributed by atoms with E-state index in [4.69, 9.17) is 0 Å². The number of aryl methyl sites for hydroxylation is 1. The molecule has 0 amide bonds. The van der Waals surface area contributed by atoms with Crippen molar-refractivity contribution in [1.82, 2.24) is 0 Å². The van der Waals surface area contributed by atoms with E-state index in [1.807, 2.05) is 0 Å². The van der Waals surface area contributed by atoms with Gasteiger partial charge in [0.15, 0.2) is 0 Å². The number of anilines is 3. The third-order valence-corrected chi connectivity index (χ3v) is 18.3. The lowest BCUT2D eigenvalue weighted by Gasteiger charge is -2.35. The number of nitrogens with zero attached hydrogens (tertiary/aromatic N) is 1. The molecule has 370 valence electrons. The van der Waals surface area contributed by atoms with Gasteiger partial charge in [-0.15, -0.1) is 0 Å². The maximum absolute atomic E-state index is 2.59. The van der Waals surface area contributed by atoms with Crippen molar-refractivity contribution in [1.29, 1.82) is 0 Å². The van der Waals surface area contributed by atoms with Gasteiger partial charge in [-0.05, 0) is 160 Å². The summed E-state index contributed by atoms with van der Waals surface area (Å²) in [6, 6.07) is 86.8. The minimum Gasteiger partial charge on any atom is -0.310 e. The van der Waals surface area contributed by atoms with Crippen molar-refractivity contribution in [2.45, 2.75) is 95.3 Å². The topological polar surface area (TPSA) is 3.24 Å². The van der Waals surface area contributed by atoms with Crippen LogP contribution in [-0.2, 0) is 33.5 Å². The summed E-state index contributed by atoms with van der Waals surface area (Å²) >= 11 is 0. The van der Waals surface area contributed by atoms with Crippen molar-refractivity contribution >= 4 is 17.1 Å². The summed E-state index contributed by atoms with van der Waals surface area (Å²) in [6.45, 7) is 18.7. The Bertz CT molecular complexity index is 3910. The number of hydrogen-bond donors (Lipinski definition) is 0. The molecule has 0 heterocycles. The molecule has 1 atom stereocenters. The van der Waals surface area contributed by atoms with Crippen LogP contribution >= 0.6 is 0 Å². The molecular formula is C75H65N. The fourth-order valence-corrected chi connectivity index (χ4v) is 14.7. The molecule has 0 radical (unpaired) electrons. The van der Waals surface area contributed by atoms with Crippen molar-refractivity contribution < 1.29 is 0 Å². The molecule has 4 aliphatic rings. The molecule has 10 aromatic carbocycles. The molecule has 10 aromatic rings. The minimum atomic E-state index is -0.584. The Kier molecular flexibility index (Phi) is 10.1. The Balaban J connectivity index is 1.02. The Morgan fingerprint density at radius 1 is 0.382 bits per heavy atom. The quantitative estimate of drug-likeness (QED) is 0.160. The summed E-state index contributed by atoms with van der Waals surface area (Å²) in [7, 11) is 0. The molecule has 0 saturated carbocycles. The van der Waals surface area contributed by atoms with Crippen molar-refractivity contribution in [2.75, 3.05) is 4.90 Å². The van der Waals surface area contributed by atoms with E-state index in [1.54, 1.807) is 0 Å². The van der Waals surface area contributed by atoms with E-state index in [2.05, 4.69) is 285 Å². The second-order valence-corrected chi connectivity index (χ2v) is 24.8. The lowest BCUT2D eigenvalue weighted by atomic mass is 9.67. The number of benzene rings is 10. The fraction of sp³-hybridized carbons (Fsp3) is 0.200. The summed E-state index contributed by atoms with van der Waals surface area (Å²) in [4.78, 5) is 2.59. The molecule has 1 nitrogen and oxygen atoms in total. The van der Waals surface area contributed by atoms with E-state index in [0.717, 1.165) is 24.2 Å². The summed E-state index contributed by atoms with van der Waals surface area (Å²) < 4.78 is 0. The molecule has 0 saturated heterocycles. The highest BCUT2D eigenvalue weighted by Gasteiger charge is 2.50. The molecule has 14 rings (SSSR count). The normalized spacial score (nSPS) is 16.8. The van der Waals surface area contributed by atoms with Crippen LogP contribution in [0.2, 0.25) is 0 Å². The van der Waals surface area contributed by atoms with Gasteiger partial charge in [0, 0.05) is 27.8 Å². The summed E-state index contributed by atoms with van der Waals surface area (Å²) in [5.41, 5.74) is 29.4. The largest absolute Gasteiger partial charge is 0.310 e. The van der Waals surface area contributed by atoms with Crippen molar-refractivity contribution in [3.05, 3.63) is 291 Å². The van der Waals surface area contributed by atoms with Gasteiger partial charge < -0.3 is 4.90 Å². The van der Waals surface area contributed by atoms with E-state index in [1.165, 1.54) is 117 Å². The van der Waals surface area contributed by atoms with Gasteiger partial charge in [-0.2, -0.15) is 0 Å². The molecule has 0 aromatic heterocycles. The molecule has 1 heteroatoms. The van der Waals surface area contributed by atoms with Crippen LogP contribution in [-0.4, -0.2) is 0 Å². The molecule has 1 unspecified atom stereocenters. The molecule has 0 N–H and O–H groups in total. The van der Waals surface area contributed by atoms with Gasteiger partial charge in [-0.25, -0.2) is 0 Å². The molecule has 4 aliphatic carbocycles. The maximum atomic E-state index is 2.59. The minimum absolute atomic E-state index is 0.0207. The maximum Gasteiger partial charge on any atom is 0.0714 e. The van der Waals surface area contributed by atoms with Crippen LogP contribution in [0.5, 0.6) is 0 Å². The lowest BCUT2D eigenvalue weighted by molar-refractivity contribution is 0.588. The molecule has 0 aliphatic heterocycles. The first-order valence-electron chi connectivity index (χ1n) is 27.6. The van der Waals surface area contributed by atoms with Gasteiger partial charge in [-0.3, -0.25) is 0 Å². The van der Waals surface area contributed by atoms with E-state index >= 15 is 0 Å². The highest BCUT2D eigenvalue weighted by Crippen LogP contribution is 2.62. The lowest BCUT2D eigenvalue weighted by Crippen LogP contribution is -2.29. The highest BCUT2D eigenvalue weighted by atomic mass is 15.1. The SMILES string of the molecule is CC(C)(C)c1ccc(C2(c3ccc(C(C)(C)C)cc3)c3ccccc3-c3c(N(c4ccc(-c5cccc6c5C(C)(C)c5ccccc5-6)cc4)c4ccc5c(c4)C4(CCc6ccccc64)c4ccccc4-5)cccc32)cc1. The molecule has 1 spiro atoms. The van der Waals surface area contributed by atoms with Gasteiger partial charge in [0.05, 0.1) is 11.1 Å². The van der Waals surface area contributed by atoms with Gasteiger partial charge in [0.2, 0.25) is 0 Å². The third-order valence-electron chi connectivity index (χ3n) is 18.3. The number of fused-ring (bicyclic) bond motifs is 13. The van der Waals surface area contributed by atoms with Crippen LogP contribution in [0, 0.1) is 0 Å². The standard InChI is InChI=1S/C75H65N/c1-71(2,3)50-33-37-52(38-34-50)75(53-39-35-51(36-40-53)72(4,5)6)65-28-16-12-22-61(65)69-66(75)29-18-30-68(69)76(54-41-31-48(32-42-54)56-23-17-24-60-58-21-10-14-26-63(58)73(7,8)70(56)60)55-43-44-59-57-20-11-15-27-64(57)74(67(59)47-55)46-45-49-19-9-13-25-62(49)74/h9-44,47H,45-46H2,1-8H3. The molecule has 0 bridgehead atoms. The Labute approximate surface area is 450 Å². The summed E-state index contributed by atoms with van der Waals surface area (Å²) in [5, 5.41) is 0. The average molecular weight is 980 g/mol. The predicted octanol–water partition coefficient (Wildman–Crippen LogP) is 19.3. The van der Waals surface area contributed by atoms with Crippen LogP contribution in [0.1, 0.15) is 129 Å². The van der Waals surface area contributed by atoms with E-state index < -0.39 is 5.41 Å². The second kappa shape index (κ2) is 16.5. The molecule has 0 fully saturated rings. The van der Waals surface area contributed by atoms with E-state index in [-0.39, 0.29) is 21.7 Å². The summed E-state index contributed by atoms with van der Waals surface area (Å²) in [5.74, 6) is 0. The van der Waals surface area contributed by atoms with Gasteiger partial charge >= 0.3 is 0 Å². The Hall–Kier alpha value is -8.00.